The molecule has 0 heterocycles. The predicted octanol–water partition coefficient (Wildman–Crippen LogP) is 2.31. The van der Waals surface area contributed by atoms with E-state index in [2.05, 4.69) is 15.6 Å². The minimum absolute atomic E-state index is 0.121. The molecule has 0 aliphatic carbocycles. The van der Waals surface area contributed by atoms with Gasteiger partial charge in [-0.15, -0.1) is 0 Å². The quantitative estimate of drug-likeness (QED) is 0.567. The van der Waals surface area contributed by atoms with E-state index in [4.69, 9.17) is 5.73 Å². The molecule has 0 atom stereocenters. The Morgan fingerprint density at radius 1 is 1.33 bits per heavy atom. The van der Waals surface area contributed by atoms with Crippen LogP contribution < -0.4 is 16.4 Å². The Kier molecular flexibility index (Phi) is 4.71. The molecule has 18 heavy (non-hydrogen) atoms. The summed E-state index contributed by atoms with van der Waals surface area (Å²) in [6.07, 6.45) is 0.843. The van der Waals surface area contributed by atoms with Crippen molar-refractivity contribution in [2.24, 2.45) is 10.7 Å². The van der Waals surface area contributed by atoms with E-state index >= 15 is 0 Å². The van der Waals surface area contributed by atoms with Gasteiger partial charge in [0.1, 0.15) is 0 Å². The third kappa shape index (κ3) is 4.86. The Morgan fingerprint density at radius 2 is 1.94 bits per heavy atom. The summed E-state index contributed by atoms with van der Waals surface area (Å²) in [4.78, 5) is 15.8. The molecule has 0 radical (unpaired) electrons. The van der Waals surface area contributed by atoms with Crippen LogP contribution in [0.4, 0.5) is 10.5 Å². The maximum atomic E-state index is 11.6. The molecule has 2 amide bonds. The Bertz CT molecular complexity index is 426. The van der Waals surface area contributed by atoms with Crippen LogP contribution in [0.5, 0.6) is 0 Å². The van der Waals surface area contributed by atoms with Gasteiger partial charge in [-0.2, -0.15) is 0 Å². The van der Waals surface area contributed by atoms with E-state index in [-0.39, 0.29) is 11.5 Å². The van der Waals surface area contributed by atoms with Crippen LogP contribution in [0.1, 0.15) is 27.2 Å². The number of benzene rings is 1. The summed E-state index contributed by atoms with van der Waals surface area (Å²) in [5.74, 6) is 0.121. The van der Waals surface area contributed by atoms with E-state index in [1.807, 2.05) is 39.0 Å². The highest BCUT2D eigenvalue weighted by atomic mass is 16.2. The minimum Gasteiger partial charge on any atom is -0.370 e. The zero-order chi connectivity index (χ0) is 13.6. The number of carbonyl (C=O) groups is 1. The smallest absolute Gasteiger partial charge is 0.325 e. The van der Waals surface area contributed by atoms with Crippen LogP contribution in [-0.4, -0.2) is 17.5 Å². The SMILES string of the molecule is CCC(C)(C)N=C(N)NC(=O)Nc1ccccc1. The summed E-state index contributed by atoms with van der Waals surface area (Å²) in [6, 6.07) is 8.75. The van der Waals surface area contributed by atoms with Gasteiger partial charge in [-0.1, -0.05) is 25.1 Å². The molecule has 1 rings (SSSR count). The van der Waals surface area contributed by atoms with Crippen molar-refractivity contribution in [2.75, 3.05) is 5.32 Å². The molecule has 0 saturated heterocycles. The average molecular weight is 248 g/mol. The van der Waals surface area contributed by atoms with Gasteiger partial charge in [0.25, 0.3) is 0 Å². The Labute approximate surface area is 107 Å². The number of carbonyl (C=O) groups excluding carboxylic acids is 1. The lowest BCUT2D eigenvalue weighted by Gasteiger charge is -2.18. The Morgan fingerprint density at radius 3 is 2.50 bits per heavy atom. The standard InChI is InChI=1S/C13H20N4O/c1-4-13(2,3)17-11(14)16-12(18)15-10-8-6-5-7-9-10/h5-9H,4H2,1-3H3,(H4,14,15,16,17,18). The molecule has 1 aromatic carbocycles. The third-order valence-corrected chi connectivity index (χ3v) is 2.56. The molecule has 0 aromatic heterocycles. The molecule has 0 bridgehead atoms. The number of rotatable bonds is 3. The zero-order valence-corrected chi connectivity index (χ0v) is 11.0. The first-order valence-corrected chi connectivity index (χ1v) is 5.91. The lowest BCUT2D eigenvalue weighted by molar-refractivity contribution is 0.256. The van der Waals surface area contributed by atoms with Gasteiger partial charge >= 0.3 is 6.03 Å². The van der Waals surface area contributed by atoms with E-state index in [0.717, 1.165) is 6.42 Å². The number of amides is 2. The maximum absolute atomic E-state index is 11.6. The van der Waals surface area contributed by atoms with Gasteiger partial charge in [-0.25, -0.2) is 9.79 Å². The number of hydrogen-bond acceptors (Lipinski definition) is 2. The average Bonchev–Trinajstić information content (AvgIpc) is 2.29. The fourth-order valence-electron chi connectivity index (χ4n) is 1.23. The van der Waals surface area contributed by atoms with Crippen molar-refractivity contribution in [3.8, 4) is 0 Å². The molecule has 98 valence electrons. The summed E-state index contributed by atoms with van der Waals surface area (Å²) in [5, 5.41) is 5.16. The highest BCUT2D eigenvalue weighted by Gasteiger charge is 2.14. The predicted molar refractivity (Wildman–Crippen MR) is 74.6 cm³/mol. The van der Waals surface area contributed by atoms with Crippen molar-refractivity contribution in [3.63, 3.8) is 0 Å². The maximum Gasteiger partial charge on any atom is 0.325 e. The Balaban J connectivity index is 2.55. The summed E-state index contributed by atoms with van der Waals surface area (Å²) in [5.41, 5.74) is 6.10. The molecule has 5 heteroatoms. The van der Waals surface area contributed by atoms with Gasteiger partial charge in [-0.3, -0.25) is 5.32 Å². The third-order valence-electron chi connectivity index (χ3n) is 2.56. The topological polar surface area (TPSA) is 79.5 Å². The second-order valence-electron chi connectivity index (χ2n) is 4.61. The van der Waals surface area contributed by atoms with E-state index in [9.17, 15) is 4.79 Å². The molecule has 5 nitrogen and oxygen atoms in total. The largest absolute Gasteiger partial charge is 0.370 e. The lowest BCUT2D eigenvalue weighted by atomic mass is 10.0. The minimum atomic E-state index is -0.394. The number of nitrogens with zero attached hydrogens (tertiary/aromatic N) is 1. The van der Waals surface area contributed by atoms with Crippen LogP contribution in [0.2, 0.25) is 0 Å². The number of hydrogen-bond donors (Lipinski definition) is 3. The molecule has 4 N–H and O–H groups in total. The van der Waals surface area contributed by atoms with E-state index in [1.165, 1.54) is 0 Å². The summed E-state index contributed by atoms with van der Waals surface area (Å²) < 4.78 is 0. The highest BCUT2D eigenvalue weighted by molar-refractivity contribution is 6.01. The number of guanidine groups is 1. The van der Waals surface area contributed by atoms with Crippen molar-refractivity contribution in [1.82, 2.24) is 5.32 Å². The van der Waals surface area contributed by atoms with Gasteiger partial charge in [-0.05, 0) is 32.4 Å². The fraction of sp³-hybridized carbons (Fsp3) is 0.385. The normalized spacial score (nSPS) is 12.1. The number of aliphatic imine (C=N–C) groups is 1. The number of nitrogens with one attached hydrogen (secondary N) is 2. The lowest BCUT2D eigenvalue weighted by Crippen LogP contribution is -2.41. The van der Waals surface area contributed by atoms with E-state index < -0.39 is 6.03 Å². The second kappa shape index (κ2) is 6.05. The van der Waals surface area contributed by atoms with Crippen LogP contribution in [-0.2, 0) is 0 Å². The molecule has 1 aromatic rings. The van der Waals surface area contributed by atoms with E-state index in [0.29, 0.717) is 5.69 Å². The first-order valence-electron chi connectivity index (χ1n) is 5.91. The van der Waals surface area contributed by atoms with Crippen molar-refractivity contribution in [1.29, 1.82) is 0 Å². The zero-order valence-electron chi connectivity index (χ0n) is 11.0. The number of urea groups is 1. The molecular formula is C13H20N4O. The van der Waals surface area contributed by atoms with Crippen molar-refractivity contribution < 1.29 is 4.79 Å². The van der Waals surface area contributed by atoms with Gasteiger partial charge in [0.05, 0.1) is 5.54 Å². The van der Waals surface area contributed by atoms with Crippen LogP contribution in [0.15, 0.2) is 35.3 Å². The Hall–Kier alpha value is -2.04. The summed E-state index contributed by atoms with van der Waals surface area (Å²) in [7, 11) is 0. The first-order chi connectivity index (χ1) is 8.43. The number of para-hydroxylation sites is 1. The fourth-order valence-corrected chi connectivity index (χ4v) is 1.23. The molecule has 0 fully saturated rings. The van der Waals surface area contributed by atoms with Crippen LogP contribution >= 0.6 is 0 Å². The molecule has 0 aliphatic rings. The van der Waals surface area contributed by atoms with Crippen LogP contribution in [0.3, 0.4) is 0 Å². The molecule has 0 aliphatic heterocycles. The van der Waals surface area contributed by atoms with Crippen molar-refractivity contribution in [2.45, 2.75) is 32.7 Å². The van der Waals surface area contributed by atoms with Crippen molar-refractivity contribution >= 4 is 17.7 Å². The van der Waals surface area contributed by atoms with Crippen LogP contribution in [0.25, 0.3) is 0 Å². The molecule has 0 spiro atoms. The van der Waals surface area contributed by atoms with Crippen molar-refractivity contribution in [3.05, 3.63) is 30.3 Å². The number of anilines is 1. The second-order valence-corrected chi connectivity index (χ2v) is 4.61. The molecular weight excluding hydrogens is 228 g/mol. The van der Waals surface area contributed by atoms with Crippen LogP contribution in [0, 0.1) is 0 Å². The van der Waals surface area contributed by atoms with Gasteiger partial charge < -0.3 is 11.1 Å². The van der Waals surface area contributed by atoms with E-state index in [1.54, 1.807) is 12.1 Å². The number of nitrogens with two attached hydrogens (primary N) is 1. The van der Waals surface area contributed by atoms with Gasteiger partial charge in [0.2, 0.25) is 0 Å². The van der Waals surface area contributed by atoms with Gasteiger partial charge in [0, 0.05) is 5.69 Å². The summed E-state index contributed by atoms with van der Waals surface area (Å²) >= 11 is 0. The van der Waals surface area contributed by atoms with Gasteiger partial charge in [0.15, 0.2) is 5.96 Å². The summed E-state index contributed by atoms with van der Waals surface area (Å²) in [6.45, 7) is 5.92. The first kappa shape index (κ1) is 14.0. The monoisotopic (exact) mass is 248 g/mol. The highest BCUT2D eigenvalue weighted by Crippen LogP contribution is 2.12. The molecule has 0 saturated carbocycles. The molecule has 0 unspecified atom stereocenters.